The van der Waals surface area contributed by atoms with Gasteiger partial charge in [-0.1, -0.05) is 29.8 Å². The summed E-state index contributed by atoms with van der Waals surface area (Å²) in [6, 6.07) is 7.74. The SMILES string of the molecule is Clc1ccc([C]2C=CSC2Cl)cc1. The summed E-state index contributed by atoms with van der Waals surface area (Å²) in [5.74, 6) is 1.16. The molecule has 0 saturated carbocycles. The van der Waals surface area contributed by atoms with E-state index in [9.17, 15) is 0 Å². The lowest BCUT2D eigenvalue weighted by Gasteiger charge is -2.11. The monoisotopic (exact) mass is 229 g/mol. The molecule has 0 aliphatic carbocycles. The maximum Gasteiger partial charge on any atom is 0.0973 e. The molecule has 1 unspecified atom stereocenters. The van der Waals surface area contributed by atoms with E-state index in [4.69, 9.17) is 23.2 Å². The van der Waals surface area contributed by atoms with Gasteiger partial charge in [0.05, 0.1) is 10.6 Å². The second-order valence-corrected chi connectivity index (χ2v) is 4.86. The van der Waals surface area contributed by atoms with Crippen LogP contribution in [0.3, 0.4) is 0 Å². The molecule has 0 spiro atoms. The molecule has 1 aromatic carbocycles. The van der Waals surface area contributed by atoms with Crippen molar-refractivity contribution in [2.75, 3.05) is 0 Å². The van der Waals surface area contributed by atoms with Crippen molar-refractivity contribution in [2.24, 2.45) is 0 Å². The van der Waals surface area contributed by atoms with E-state index in [1.54, 1.807) is 11.8 Å². The van der Waals surface area contributed by atoms with Gasteiger partial charge in [0.15, 0.2) is 0 Å². The highest BCUT2D eigenvalue weighted by molar-refractivity contribution is 8.04. The van der Waals surface area contributed by atoms with Crippen molar-refractivity contribution >= 4 is 35.0 Å². The lowest BCUT2D eigenvalue weighted by atomic mass is 10.0. The van der Waals surface area contributed by atoms with E-state index < -0.39 is 0 Å². The van der Waals surface area contributed by atoms with Gasteiger partial charge in [-0.15, -0.1) is 23.4 Å². The second kappa shape index (κ2) is 3.95. The molecule has 0 amide bonds. The van der Waals surface area contributed by atoms with Crippen LogP contribution in [-0.2, 0) is 0 Å². The summed E-state index contributed by atoms with van der Waals surface area (Å²) in [7, 11) is 0. The number of alkyl halides is 1. The Morgan fingerprint density at radius 3 is 2.38 bits per heavy atom. The van der Waals surface area contributed by atoms with E-state index in [1.807, 2.05) is 35.7 Å². The van der Waals surface area contributed by atoms with Gasteiger partial charge in [-0.2, -0.15) is 0 Å². The van der Waals surface area contributed by atoms with E-state index in [0.717, 1.165) is 16.5 Å². The molecule has 0 aromatic heterocycles. The number of hydrogen-bond acceptors (Lipinski definition) is 1. The summed E-state index contributed by atoms with van der Waals surface area (Å²) in [5, 5.41) is 2.77. The first-order chi connectivity index (χ1) is 6.27. The number of thioether (sulfide) groups is 1. The molecule has 3 heteroatoms. The van der Waals surface area contributed by atoms with E-state index in [1.165, 1.54) is 0 Å². The van der Waals surface area contributed by atoms with Gasteiger partial charge in [-0.3, -0.25) is 0 Å². The highest BCUT2D eigenvalue weighted by Gasteiger charge is 2.23. The van der Waals surface area contributed by atoms with Gasteiger partial charge in [0.2, 0.25) is 0 Å². The maximum atomic E-state index is 6.08. The van der Waals surface area contributed by atoms with Crippen LogP contribution in [0.4, 0.5) is 0 Å². The highest BCUT2D eigenvalue weighted by atomic mass is 35.5. The molecule has 0 N–H and O–H groups in total. The lowest BCUT2D eigenvalue weighted by molar-refractivity contribution is 1.23. The van der Waals surface area contributed by atoms with Crippen LogP contribution >= 0.6 is 35.0 Å². The first-order valence-electron chi connectivity index (χ1n) is 3.86. The average Bonchev–Trinajstić information content (AvgIpc) is 2.53. The topological polar surface area (TPSA) is 0 Å². The average molecular weight is 230 g/mol. The van der Waals surface area contributed by atoms with Crippen LogP contribution < -0.4 is 0 Å². The zero-order valence-electron chi connectivity index (χ0n) is 6.71. The number of allylic oxidation sites excluding steroid dienone is 1. The van der Waals surface area contributed by atoms with Crippen LogP contribution in [-0.4, -0.2) is 4.71 Å². The molecule has 67 valence electrons. The Bertz CT molecular complexity index is 318. The Hall–Kier alpha value is -0.110. The molecule has 0 nitrogen and oxygen atoms in total. The smallest absolute Gasteiger partial charge is 0.0973 e. The predicted octanol–water partition coefficient (Wildman–Crippen LogP) is 4.09. The predicted molar refractivity (Wildman–Crippen MR) is 60.2 cm³/mol. The van der Waals surface area contributed by atoms with Gasteiger partial charge in [0.1, 0.15) is 0 Å². The minimum Gasteiger partial charge on any atom is -0.113 e. The van der Waals surface area contributed by atoms with Gasteiger partial charge in [0.25, 0.3) is 0 Å². The van der Waals surface area contributed by atoms with E-state index in [-0.39, 0.29) is 4.71 Å². The lowest BCUT2D eigenvalue weighted by Crippen LogP contribution is -2.02. The van der Waals surface area contributed by atoms with E-state index in [0.29, 0.717) is 0 Å². The second-order valence-electron chi connectivity index (χ2n) is 2.72. The van der Waals surface area contributed by atoms with E-state index in [2.05, 4.69) is 0 Å². The molecule has 13 heavy (non-hydrogen) atoms. The fraction of sp³-hybridized carbons (Fsp3) is 0.100. The van der Waals surface area contributed by atoms with Crippen molar-refractivity contribution in [3.63, 3.8) is 0 Å². The summed E-state index contributed by atoms with van der Waals surface area (Å²) in [5.41, 5.74) is 1.14. The van der Waals surface area contributed by atoms with Crippen molar-refractivity contribution in [1.29, 1.82) is 0 Å². The number of benzene rings is 1. The summed E-state index contributed by atoms with van der Waals surface area (Å²) >= 11 is 13.5. The molecule has 1 aromatic rings. The van der Waals surface area contributed by atoms with Crippen LogP contribution in [0.2, 0.25) is 5.02 Å². The van der Waals surface area contributed by atoms with Crippen LogP contribution in [0.15, 0.2) is 35.7 Å². The standard InChI is InChI=1S/C10H7Cl2S/c11-8-3-1-7(2-4-8)9-5-6-13-10(9)12/h1-6,10H. The summed E-state index contributed by atoms with van der Waals surface area (Å²) in [4.78, 5) is 0. The minimum absolute atomic E-state index is 0.0428. The van der Waals surface area contributed by atoms with Crippen LogP contribution in [0.1, 0.15) is 5.56 Å². The van der Waals surface area contributed by atoms with Crippen molar-refractivity contribution in [1.82, 2.24) is 0 Å². The summed E-state index contributed by atoms with van der Waals surface area (Å²) in [6.45, 7) is 0. The zero-order valence-corrected chi connectivity index (χ0v) is 9.03. The third-order valence-corrected chi connectivity index (χ3v) is 3.45. The van der Waals surface area contributed by atoms with Crippen LogP contribution in [0.25, 0.3) is 0 Å². The highest BCUT2D eigenvalue weighted by Crippen LogP contribution is 2.38. The molecule has 0 fully saturated rings. The Labute approximate surface area is 91.9 Å². The summed E-state index contributed by atoms with van der Waals surface area (Å²) < 4.78 is 0.0428. The number of rotatable bonds is 1. The van der Waals surface area contributed by atoms with Crippen molar-refractivity contribution < 1.29 is 0 Å². The molecule has 1 heterocycles. The maximum absolute atomic E-state index is 6.08. The largest absolute Gasteiger partial charge is 0.113 e. The molecule has 1 radical (unpaired) electrons. The fourth-order valence-electron chi connectivity index (χ4n) is 1.20. The molecule has 1 aliphatic heterocycles. The molecular formula is C10H7Cl2S. The van der Waals surface area contributed by atoms with Crippen LogP contribution in [0.5, 0.6) is 0 Å². The first kappa shape index (κ1) is 9.45. The van der Waals surface area contributed by atoms with E-state index >= 15 is 0 Å². The number of hydrogen-bond donors (Lipinski definition) is 0. The Morgan fingerprint density at radius 2 is 1.85 bits per heavy atom. The van der Waals surface area contributed by atoms with Gasteiger partial charge in [0, 0.05) is 5.02 Å². The van der Waals surface area contributed by atoms with Gasteiger partial charge in [-0.05, 0) is 23.1 Å². The Morgan fingerprint density at radius 1 is 1.15 bits per heavy atom. The normalized spacial score (nSPS) is 22.5. The van der Waals surface area contributed by atoms with Crippen molar-refractivity contribution in [3.8, 4) is 0 Å². The Balaban J connectivity index is 2.25. The number of halogens is 2. The van der Waals surface area contributed by atoms with Crippen molar-refractivity contribution in [3.05, 3.63) is 52.3 Å². The minimum atomic E-state index is 0.0428. The fourth-order valence-corrected chi connectivity index (χ4v) is 2.43. The first-order valence-corrected chi connectivity index (χ1v) is 5.62. The molecule has 1 aliphatic rings. The quantitative estimate of drug-likeness (QED) is 0.655. The molecule has 0 saturated heterocycles. The van der Waals surface area contributed by atoms with Gasteiger partial charge in [-0.25, -0.2) is 0 Å². The molecular weight excluding hydrogens is 223 g/mol. The molecule has 2 rings (SSSR count). The third-order valence-electron chi connectivity index (χ3n) is 1.87. The van der Waals surface area contributed by atoms with Crippen LogP contribution in [0, 0.1) is 5.92 Å². The molecule has 0 bridgehead atoms. The summed E-state index contributed by atoms with van der Waals surface area (Å²) in [6.07, 6.45) is 2.05. The van der Waals surface area contributed by atoms with Gasteiger partial charge < -0.3 is 0 Å². The molecule has 1 atom stereocenters. The third kappa shape index (κ3) is 2.04. The van der Waals surface area contributed by atoms with Crippen molar-refractivity contribution in [2.45, 2.75) is 4.71 Å². The van der Waals surface area contributed by atoms with Gasteiger partial charge >= 0.3 is 0 Å². The zero-order chi connectivity index (χ0) is 9.26. The Kier molecular flexibility index (Phi) is 2.87.